The number of halogens is 1. The largest absolute Gasteiger partial charge is 0.353 e. The molecule has 1 aromatic carbocycles. The smallest absolute Gasteiger partial charge is 0.242 e. The lowest BCUT2D eigenvalue weighted by Crippen LogP contribution is -2.38. The summed E-state index contributed by atoms with van der Waals surface area (Å²) in [6.45, 7) is 1.06. The van der Waals surface area contributed by atoms with Crippen LogP contribution in [-0.2, 0) is 30.2 Å². The SMILES string of the molecule is CN=C(NCc1ccccc1S(=O)(=O)N(C)C)N(C)Cc1cccn1C.I. The molecule has 0 atom stereocenters. The quantitative estimate of drug-likeness (QED) is 0.371. The molecule has 0 aliphatic heterocycles. The molecule has 0 unspecified atom stereocenters. The molecule has 0 aliphatic carbocycles. The maximum atomic E-state index is 12.5. The Morgan fingerprint density at radius 2 is 1.81 bits per heavy atom. The van der Waals surface area contributed by atoms with E-state index in [1.54, 1.807) is 19.2 Å². The summed E-state index contributed by atoms with van der Waals surface area (Å²) < 4.78 is 28.3. The van der Waals surface area contributed by atoms with Crippen LogP contribution in [0.5, 0.6) is 0 Å². The van der Waals surface area contributed by atoms with E-state index in [1.165, 1.54) is 18.4 Å². The van der Waals surface area contributed by atoms with Crippen molar-refractivity contribution in [1.29, 1.82) is 0 Å². The summed E-state index contributed by atoms with van der Waals surface area (Å²) in [5.74, 6) is 0.697. The first kappa shape index (κ1) is 23.4. The summed E-state index contributed by atoms with van der Waals surface area (Å²) in [7, 11) is 5.24. The molecule has 0 saturated carbocycles. The Morgan fingerprint density at radius 1 is 1.15 bits per heavy atom. The van der Waals surface area contributed by atoms with Crippen LogP contribution in [0.3, 0.4) is 0 Å². The highest BCUT2D eigenvalue weighted by molar-refractivity contribution is 14.0. The van der Waals surface area contributed by atoms with Crippen LogP contribution < -0.4 is 5.32 Å². The molecular formula is C18H28IN5O2S. The molecule has 0 aliphatic rings. The molecule has 27 heavy (non-hydrogen) atoms. The van der Waals surface area contributed by atoms with Crippen molar-refractivity contribution in [3.63, 3.8) is 0 Å². The van der Waals surface area contributed by atoms with Crippen molar-refractivity contribution < 1.29 is 8.42 Å². The fourth-order valence-corrected chi connectivity index (χ4v) is 3.75. The van der Waals surface area contributed by atoms with Crippen molar-refractivity contribution >= 4 is 40.0 Å². The zero-order valence-electron chi connectivity index (χ0n) is 16.4. The molecule has 1 heterocycles. The van der Waals surface area contributed by atoms with E-state index in [1.807, 2.05) is 43.4 Å². The minimum atomic E-state index is -3.49. The number of rotatable bonds is 6. The number of hydrogen-bond acceptors (Lipinski definition) is 3. The number of nitrogens with one attached hydrogen (secondary N) is 1. The van der Waals surface area contributed by atoms with Crippen molar-refractivity contribution in [1.82, 2.24) is 19.1 Å². The van der Waals surface area contributed by atoms with Gasteiger partial charge in [-0.15, -0.1) is 24.0 Å². The molecule has 1 aromatic heterocycles. The highest BCUT2D eigenvalue weighted by atomic mass is 127. The Labute approximate surface area is 179 Å². The second kappa shape index (κ2) is 10.1. The lowest BCUT2D eigenvalue weighted by atomic mass is 10.2. The molecule has 0 amide bonds. The maximum absolute atomic E-state index is 12.5. The van der Waals surface area contributed by atoms with Crippen molar-refractivity contribution in [2.24, 2.45) is 12.0 Å². The minimum absolute atomic E-state index is 0. The van der Waals surface area contributed by atoms with Crippen molar-refractivity contribution in [2.45, 2.75) is 18.0 Å². The van der Waals surface area contributed by atoms with Crippen molar-refractivity contribution in [3.05, 3.63) is 53.9 Å². The average molecular weight is 505 g/mol. The van der Waals surface area contributed by atoms with Gasteiger partial charge >= 0.3 is 0 Å². The van der Waals surface area contributed by atoms with Gasteiger partial charge in [-0.1, -0.05) is 18.2 Å². The molecule has 0 spiro atoms. The first-order valence-corrected chi connectivity index (χ1v) is 9.73. The lowest BCUT2D eigenvalue weighted by molar-refractivity contribution is 0.461. The normalized spacial score (nSPS) is 12.0. The topological polar surface area (TPSA) is 69.9 Å². The monoisotopic (exact) mass is 505 g/mol. The first-order valence-electron chi connectivity index (χ1n) is 8.29. The molecule has 0 radical (unpaired) electrons. The van der Waals surface area contributed by atoms with E-state index in [9.17, 15) is 8.42 Å². The maximum Gasteiger partial charge on any atom is 0.242 e. The van der Waals surface area contributed by atoms with E-state index in [0.717, 1.165) is 5.69 Å². The highest BCUT2D eigenvalue weighted by Crippen LogP contribution is 2.18. The zero-order valence-corrected chi connectivity index (χ0v) is 19.5. The Kier molecular flexibility index (Phi) is 8.76. The van der Waals surface area contributed by atoms with Gasteiger partial charge in [-0.05, 0) is 23.8 Å². The molecule has 9 heteroatoms. The van der Waals surface area contributed by atoms with E-state index in [0.29, 0.717) is 29.5 Å². The number of hydrogen-bond donors (Lipinski definition) is 1. The number of benzene rings is 1. The fraction of sp³-hybridized carbons (Fsp3) is 0.389. The summed E-state index contributed by atoms with van der Waals surface area (Å²) in [5, 5.41) is 3.25. The number of guanidine groups is 1. The average Bonchev–Trinajstić information content (AvgIpc) is 3.00. The number of aryl methyl sites for hydroxylation is 1. The van der Waals surface area contributed by atoms with Gasteiger partial charge in [0.2, 0.25) is 10.0 Å². The van der Waals surface area contributed by atoms with Crippen LogP contribution in [0.25, 0.3) is 0 Å². The molecule has 150 valence electrons. The molecule has 1 N–H and O–H groups in total. The Balaban J connectivity index is 0.00000364. The Bertz CT molecular complexity index is 877. The van der Waals surface area contributed by atoms with Crippen LogP contribution >= 0.6 is 24.0 Å². The molecule has 7 nitrogen and oxygen atoms in total. The molecule has 0 saturated heterocycles. The van der Waals surface area contributed by atoms with Crippen molar-refractivity contribution in [2.75, 3.05) is 28.2 Å². The van der Waals surface area contributed by atoms with Gasteiger partial charge in [0, 0.05) is 53.7 Å². The first-order chi connectivity index (χ1) is 12.3. The van der Waals surface area contributed by atoms with E-state index >= 15 is 0 Å². The van der Waals surface area contributed by atoms with Crippen molar-refractivity contribution in [3.8, 4) is 0 Å². The zero-order chi connectivity index (χ0) is 19.3. The molecule has 0 fully saturated rings. The summed E-state index contributed by atoms with van der Waals surface area (Å²) >= 11 is 0. The van der Waals surface area contributed by atoms with E-state index in [2.05, 4.69) is 20.9 Å². The third-order valence-electron chi connectivity index (χ3n) is 4.19. The van der Waals surface area contributed by atoms with Gasteiger partial charge in [0.25, 0.3) is 0 Å². The highest BCUT2D eigenvalue weighted by Gasteiger charge is 2.21. The van der Waals surface area contributed by atoms with Crippen LogP contribution in [0.1, 0.15) is 11.3 Å². The van der Waals surface area contributed by atoms with Gasteiger partial charge < -0.3 is 14.8 Å². The predicted octanol–water partition coefficient (Wildman–Crippen LogP) is 2.10. The summed E-state index contributed by atoms with van der Waals surface area (Å²) in [6, 6.07) is 11.1. The van der Waals surface area contributed by atoms with Gasteiger partial charge in [-0.25, -0.2) is 12.7 Å². The fourth-order valence-electron chi connectivity index (χ4n) is 2.64. The predicted molar refractivity (Wildman–Crippen MR) is 120 cm³/mol. The number of sulfonamides is 1. The van der Waals surface area contributed by atoms with E-state index < -0.39 is 10.0 Å². The van der Waals surface area contributed by atoms with Crippen LogP contribution in [0, 0.1) is 0 Å². The van der Waals surface area contributed by atoms with Gasteiger partial charge in [0.1, 0.15) is 0 Å². The number of nitrogens with zero attached hydrogens (tertiary/aromatic N) is 4. The number of aliphatic imine (C=N–C) groups is 1. The van der Waals surface area contributed by atoms with Crippen LogP contribution in [0.2, 0.25) is 0 Å². The van der Waals surface area contributed by atoms with Gasteiger partial charge in [-0.3, -0.25) is 4.99 Å². The molecule has 2 rings (SSSR count). The third-order valence-corrected chi connectivity index (χ3v) is 6.11. The lowest BCUT2D eigenvalue weighted by Gasteiger charge is -2.23. The second-order valence-electron chi connectivity index (χ2n) is 6.26. The molecule has 2 aromatic rings. The summed E-state index contributed by atoms with van der Waals surface area (Å²) in [5.41, 5.74) is 1.86. The van der Waals surface area contributed by atoms with Gasteiger partial charge in [0.05, 0.1) is 11.4 Å². The Morgan fingerprint density at radius 3 is 2.37 bits per heavy atom. The second-order valence-corrected chi connectivity index (χ2v) is 8.38. The summed E-state index contributed by atoms with van der Waals surface area (Å²) in [4.78, 5) is 6.60. The summed E-state index contributed by atoms with van der Waals surface area (Å²) in [6.07, 6.45) is 2.00. The molecular weight excluding hydrogens is 477 g/mol. The third kappa shape index (κ3) is 5.69. The van der Waals surface area contributed by atoms with Gasteiger partial charge in [0.15, 0.2) is 5.96 Å². The van der Waals surface area contributed by atoms with E-state index in [4.69, 9.17) is 0 Å². The molecule has 0 bridgehead atoms. The number of aromatic nitrogens is 1. The van der Waals surface area contributed by atoms with E-state index in [-0.39, 0.29) is 24.0 Å². The van der Waals surface area contributed by atoms with Crippen LogP contribution in [-0.4, -0.2) is 56.3 Å². The Hall–Kier alpha value is -1.59. The standard InChI is InChI=1S/C18H27N5O2S.HI/c1-19-18(23(5)14-16-10-8-12-22(16)4)20-13-15-9-6-7-11-17(15)26(24,25)21(2)3;/h6-12H,13-14H2,1-5H3,(H,19,20);1H. The van der Waals surface area contributed by atoms with Gasteiger partial charge in [-0.2, -0.15) is 0 Å². The van der Waals surface area contributed by atoms with Crippen LogP contribution in [0.15, 0.2) is 52.5 Å². The minimum Gasteiger partial charge on any atom is -0.353 e. The van der Waals surface area contributed by atoms with Crippen LogP contribution in [0.4, 0.5) is 0 Å².